The molecule has 0 amide bonds. The lowest BCUT2D eigenvalue weighted by Gasteiger charge is -2.29. The summed E-state index contributed by atoms with van der Waals surface area (Å²) in [6, 6.07) is 18.0. The van der Waals surface area contributed by atoms with Gasteiger partial charge in [0.25, 0.3) is 0 Å². The summed E-state index contributed by atoms with van der Waals surface area (Å²) in [5.41, 5.74) is 3.53. The molecule has 0 saturated heterocycles. The predicted octanol–water partition coefficient (Wildman–Crippen LogP) is 6.11. The number of nitriles is 1. The molecule has 1 aromatic heterocycles. The molecule has 1 atom stereocenters. The van der Waals surface area contributed by atoms with Crippen LogP contribution >= 0.6 is 23.1 Å². The largest absolute Gasteiger partial charge is 0.353 e. The molecule has 0 spiro atoms. The first kappa shape index (κ1) is 22.1. The molecular formula is C26H22N2O2S2. The zero-order chi connectivity index (χ0) is 22.8. The molecule has 0 fully saturated rings. The first-order chi connectivity index (χ1) is 15.4. The Morgan fingerprint density at radius 1 is 1.12 bits per heavy atom. The lowest BCUT2D eigenvalue weighted by atomic mass is 9.84. The number of thiophene rings is 1. The highest BCUT2D eigenvalue weighted by Gasteiger charge is 2.34. The molecule has 1 aliphatic heterocycles. The number of fused-ring (bicyclic) bond motifs is 1. The number of dihydropyridines is 1. The highest BCUT2D eigenvalue weighted by molar-refractivity contribution is 8.03. The van der Waals surface area contributed by atoms with E-state index in [9.17, 15) is 14.9 Å². The molecule has 4 rings (SSSR count). The second kappa shape index (κ2) is 9.15. The molecule has 4 nitrogen and oxygen atoms in total. The summed E-state index contributed by atoms with van der Waals surface area (Å²) in [6.45, 7) is 5.38. The van der Waals surface area contributed by atoms with Gasteiger partial charge in [0.1, 0.15) is 0 Å². The maximum Gasteiger partial charge on any atom is 0.173 e. The van der Waals surface area contributed by atoms with Crippen molar-refractivity contribution >= 4 is 45.4 Å². The van der Waals surface area contributed by atoms with E-state index in [4.69, 9.17) is 0 Å². The van der Waals surface area contributed by atoms with E-state index < -0.39 is 5.92 Å². The van der Waals surface area contributed by atoms with Gasteiger partial charge in [-0.15, -0.1) is 11.3 Å². The van der Waals surface area contributed by atoms with Crippen LogP contribution in [0.3, 0.4) is 0 Å². The van der Waals surface area contributed by atoms with Crippen LogP contribution < -0.4 is 5.32 Å². The van der Waals surface area contributed by atoms with E-state index in [0.717, 1.165) is 26.9 Å². The van der Waals surface area contributed by atoms with Crippen molar-refractivity contribution in [2.75, 3.05) is 5.75 Å². The average Bonchev–Trinajstić information content (AvgIpc) is 3.21. The second-order valence-electron chi connectivity index (χ2n) is 7.75. The van der Waals surface area contributed by atoms with E-state index in [2.05, 4.69) is 11.4 Å². The minimum absolute atomic E-state index is 0.00445. The molecular weight excluding hydrogens is 436 g/mol. The van der Waals surface area contributed by atoms with Crippen LogP contribution in [0.5, 0.6) is 0 Å². The Labute approximate surface area is 195 Å². The van der Waals surface area contributed by atoms with Gasteiger partial charge in [-0.3, -0.25) is 9.59 Å². The summed E-state index contributed by atoms with van der Waals surface area (Å²) in [6.07, 6.45) is 0. The van der Waals surface area contributed by atoms with Crippen molar-refractivity contribution in [3.05, 3.63) is 91.8 Å². The van der Waals surface area contributed by atoms with Crippen molar-refractivity contribution in [2.45, 2.75) is 26.7 Å². The van der Waals surface area contributed by atoms with E-state index in [1.807, 2.05) is 67.8 Å². The van der Waals surface area contributed by atoms with Crippen LogP contribution in [0.15, 0.2) is 75.8 Å². The van der Waals surface area contributed by atoms with Gasteiger partial charge in [-0.2, -0.15) is 5.26 Å². The Morgan fingerprint density at radius 3 is 2.53 bits per heavy atom. The average molecular weight is 459 g/mol. The van der Waals surface area contributed by atoms with Crippen molar-refractivity contribution in [1.82, 2.24) is 5.32 Å². The number of nitrogens with zero attached hydrogens (tertiary/aromatic N) is 1. The fraction of sp³-hybridized carbons (Fsp3) is 0.192. The number of allylic oxidation sites excluding steroid dienone is 3. The van der Waals surface area contributed by atoms with Gasteiger partial charge in [0, 0.05) is 21.7 Å². The number of carbonyl (C=O) groups is 2. The van der Waals surface area contributed by atoms with E-state index in [1.165, 1.54) is 18.7 Å². The number of Topliss-reactive ketones (excluding diaryl/α,β-unsaturated/α-hetero) is 2. The van der Waals surface area contributed by atoms with Crippen molar-refractivity contribution < 1.29 is 9.59 Å². The molecule has 0 saturated carbocycles. The van der Waals surface area contributed by atoms with Gasteiger partial charge in [-0.05, 0) is 54.6 Å². The predicted molar refractivity (Wildman–Crippen MR) is 132 cm³/mol. The molecule has 2 aromatic carbocycles. The molecule has 6 heteroatoms. The van der Waals surface area contributed by atoms with E-state index in [0.29, 0.717) is 21.7 Å². The Bertz CT molecular complexity index is 1340. The fourth-order valence-electron chi connectivity index (χ4n) is 4.02. The van der Waals surface area contributed by atoms with E-state index >= 15 is 0 Å². The zero-order valence-electron chi connectivity index (χ0n) is 18.1. The molecule has 32 heavy (non-hydrogen) atoms. The van der Waals surface area contributed by atoms with Gasteiger partial charge in [0.05, 0.1) is 28.3 Å². The summed E-state index contributed by atoms with van der Waals surface area (Å²) >= 11 is 2.87. The maximum atomic E-state index is 12.9. The molecule has 1 aliphatic rings. The van der Waals surface area contributed by atoms with Crippen LogP contribution in [0.4, 0.5) is 0 Å². The Kier molecular flexibility index (Phi) is 6.31. The Morgan fingerprint density at radius 2 is 1.88 bits per heavy atom. The second-order valence-corrected chi connectivity index (χ2v) is 9.68. The third kappa shape index (κ3) is 4.14. The normalized spacial score (nSPS) is 16.1. The van der Waals surface area contributed by atoms with Crippen LogP contribution in [-0.4, -0.2) is 17.3 Å². The topological polar surface area (TPSA) is 70.0 Å². The Balaban J connectivity index is 1.64. The molecule has 0 bridgehead atoms. The summed E-state index contributed by atoms with van der Waals surface area (Å²) in [7, 11) is 0. The van der Waals surface area contributed by atoms with Crippen LogP contribution in [0.1, 0.15) is 40.6 Å². The maximum absolute atomic E-state index is 12.9. The molecule has 0 unspecified atom stereocenters. The number of carbonyl (C=O) groups excluding carboxylic acids is 2. The quantitative estimate of drug-likeness (QED) is 0.451. The highest BCUT2D eigenvalue weighted by atomic mass is 32.2. The number of rotatable bonds is 6. The highest BCUT2D eigenvalue weighted by Crippen LogP contribution is 2.43. The first-order valence-electron chi connectivity index (χ1n) is 10.2. The number of thioether (sulfide) groups is 1. The van der Waals surface area contributed by atoms with Crippen LogP contribution in [0.2, 0.25) is 0 Å². The zero-order valence-corrected chi connectivity index (χ0v) is 19.7. The lowest BCUT2D eigenvalue weighted by Crippen LogP contribution is -2.27. The van der Waals surface area contributed by atoms with Crippen LogP contribution in [-0.2, 0) is 4.79 Å². The molecule has 0 aliphatic carbocycles. The molecule has 2 heterocycles. The van der Waals surface area contributed by atoms with Gasteiger partial charge < -0.3 is 5.32 Å². The van der Waals surface area contributed by atoms with Crippen LogP contribution in [0.25, 0.3) is 10.8 Å². The number of hydrogen-bond acceptors (Lipinski definition) is 6. The van der Waals surface area contributed by atoms with Crippen molar-refractivity contribution in [3.8, 4) is 6.07 Å². The Hall–Kier alpha value is -3.14. The molecule has 0 radical (unpaired) electrons. The van der Waals surface area contributed by atoms with Gasteiger partial charge in [0.15, 0.2) is 11.6 Å². The SMILES string of the molecule is CC(=O)C1=C(C)NC(SCC(=O)c2ccc3ccccc3c2)=C(C#N)[C@@H]1c1sccc1C. The number of ketones is 2. The summed E-state index contributed by atoms with van der Waals surface area (Å²) < 4.78 is 0. The van der Waals surface area contributed by atoms with E-state index in [1.54, 1.807) is 11.3 Å². The molecule has 1 N–H and O–H groups in total. The fourth-order valence-corrected chi connectivity index (χ4v) is 6.05. The van der Waals surface area contributed by atoms with Crippen molar-refractivity contribution in [2.24, 2.45) is 0 Å². The van der Waals surface area contributed by atoms with Gasteiger partial charge in [0.2, 0.25) is 0 Å². The summed E-state index contributed by atoms with van der Waals surface area (Å²) in [5, 5.41) is 18.0. The summed E-state index contributed by atoms with van der Waals surface area (Å²) in [5.74, 6) is -0.269. The standard InChI is InChI=1S/C26H22N2O2S2/c1-15-10-11-31-25(15)24-21(13-27)26(28-16(2)23(24)17(3)29)32-14-22(30)20-9-8-18-6-4-5-7-19(18)12-20/h4-12,24,28H,14H2,1-3H3/t24-/m0/s1. The van der Waals surface area contributed by atoms with Gasteiger partial charge in [-0.25, -0.2) is 0 Å². The monoisotopic (exact) mass is 458 g/mol. The number of benzene rings is 2. The minimum Gasteiger partial charge on any atom is -0.353 e. The van der Waals surface area contributed by atoms with Crippen molar-refractivity contribution in [3.63, 3.8) is 0 Å². The lowest BCUT2D eigenvalue weighted by molar-refractivity contribution is -0.113. The molecule has 3 aromatic rings. The third-order valence-corrected chi connectivity index (χ3v) is 7.71. The van der Waals surface area contributed by atoms with Crippen molar-refractivity contribution in [1.29, 1.82) is 5.26 Å². The first-order valence-corrected chi connectivity index (χ1v) is 12.1. The third-order valence-electron chi connectivity index (χ3n) is 5.61. The smallest absolute Gasteiger partial charge is 0.173 e. The van der Waals surface area contributed by atoms with Gasteiger partial charge in [-0.1, -0.05) is 48.2 Å². The number of aryl methyl sites for hydroxylation is 1. The summed E-state index contributed by atoms with van der Waals surface area (Å²) in [4.78, 5) is 26.4. The number of hydrogen-bond donors (Lipinski definition) is 1. The molecule has 160 valence electrons. The van der Waals surface area contributed by atoms with Crippen LogP contribution in [0, 0.1) is 18.3 Å². The minimum atomic E-state index is -0.406. The van der Waals surface area contributed by atoms with E-state index in [-0.39, 0.29) is 17.3 Å². The number of nitrogens with one attached hydrogen (secondary N) is 1. The van der Waals surface area contributed by atoms with Gasteiger partial charge >= 0.3 is 0 Å².